The number of amides is 1. The molecule has 0 fully saturated rings. The minimum absolute atomic E-state index is 0.153. The lowest BCUT2D eigenvalue weighted by molar-refractivity contribution is -0.113. The van der Waals surface area contributed by atoms with Gasteiger partial charge in [-0.2, -0.15) is 0 Å². The van der Waals surface area contributed by atoms with Crippen molar-refractivity contribution < 1.29 is 9.53 Å². The standard InChI is InChI=1S/C27H22BrN5O2S2/c28-20-13-11-19(12-14-20)15-23-16-29-26(37-23)30-25(34)18-36-27-32-31-24(17-35-22-9-5-2-6-10-22)33(27)21-7-3-1-4-8-21/h1-14,16H,15,17-18H2,(H,29,30,34). The summed E-state index contributed by atoms with van der Waals surface area (Å²) in [6.45, 7) is 0.249. The minimum Gasteiger partial charge on any atom is -0.486 e. The molecule has 5 rings (SSSR count). The number of carbonyl (C=O) groups is 1. The van der Waals surface area contributed by atoms with Crippen molar-refractivity contribution in [1.29, 1.82) is 0 Å². The zero-order valence-electron chi connectivity index (χ0n) is 19.6. The number of hydrogen-bond donors (Lipinski definition) is 1. The van der Waals surface area contributed by atoms with Crippen LogP contribution in [0.4, 0.5) is 5.13 Å². The Morgan fingerprint density at radius 3 is 2.46 bits per heavy atom. The molecule has 2 aromatic heterocycles. The zero-order chi connectivity index (χ0) is 25.5. The van der Waals surface area contributed by atoms with Gasteiger partial charge in [0.25, 0.3) is 0 Å². The molecule has 0 aliphatic rings. The van der Waals surface area contributed by atoms with E-state index in [1.807, 2.05) is 77.4 Å². The van der Waals surface area contributed by atoms with Crippen LogP contribution in [-0.4, -0.2) is 31.4 Å². The summed E-state index contributed by atoms with van der Waals surface area (Å²) >= 11 is 6.25. The zero-order valence-corrected chi connectivity index (χ0v) is 22.8. The van der Waals surface area contributed by atoms with Gasteiger partial charge >= 0.3 is 0 Å². The molecule has 0 saturated carbocycles. The molecule has 0 aliphatic carbocycles. The molecule has 0 spiro atoms. The summed E-state index contributed by atoms with van der Waals surface area (Å²) in [6, 6.07) is 27.5. The summed E-state index contributed by atoms with van der Waals surface area (Å²) < 4.78 is 8.87. The number of benzene rings is 3. The summed E-state index contributed by atoms with van der Waals surface area (Å²) in [4.78, 5) is 18.1. The van der Waals surface area contributed by atoms with E-state index in [4.69, 9.17) is 4.74 Å². The van der Waals surface area contributed by atoms with Crippen LogP contribution in [0, 0.1) is 0 Å². The number of thioether (sulfide) groups is 1. The van der Waals surface area contributed by atoms with E-state index in [9.17, 15) is 4.79 Å². The highest BCUT2D eigenvalue weighted by molar-refractivity contribution is 9.10. The van der Waals surface area contributed by atoms with Crippen LogP contribution in [0.15, 0.2) is 101 Å². The molecule has 3 aromatic carbocycles. The first-order valence-electron chi connectivity index (χ1n) is 11.4. The Labute approximate surface area is 231 Å². The van der Waals surface area contributed by atoms with Crippen molar-refractivity contribution in [3.63, 3.8) is 0 Å². The molecule has 0 saturated heterocycles. The maximum absolute atomic E-state index is 12.7. The van der Waals surface area contributed by atoms with Crippen LogP contribution in [0.5, 0.6) is 5.75 Å². The molecule has 1 N–H and O–H groups in total. The van der Waals surface area contributed by atoms with Gasteiger partial charge < -0.3 is 10.1 Å². The number of ether oxygens (including phenoxy) is 1. The summed E-state index contributed by atoms with van der Waals surface area (Å²) in [6.07, 6.45) is 2.57. The van der Waals surface area contributed by atoms with E-state index in [1.165, 1.54) is 28.7 Å². The van der Waals surface area contributed by atoms with Crippen LogP contribution in [-0.2, 0) is 17.8 Å². The number of nitrogens with zero attached hydrogens (tertiary/aromatic N) is 4. The van der Waals surface area contributed by atoms with E-state index in [2.05, 4.69) is 48.6 Å². The smallest absolute Gasteiger partial charge is 0.236 e. The fraction of sp³-hybridized carbons (Fsp3) is 0.111. The number of halogens is 1. The van der Waals surface area contributed by atoms with Gasteiger partial charge in [0.2, 0.25) is 5.91 Å². The van der Waals surface area contributed by atoms with Crippen LogP contribution in [0.25, 0.3) is 5.69 Å². The van der Waals surface area contributed by atoms with Gasteiger partial charge in [-0.1, -0.05) is 76.2 Å². The maximum Gasteiger partial charge on any atom is 0.236 e. The average Bonchev–Trinajstić information content (AvgIpc) is 3.55. The topological polar surface area (TPSA) is 81.9 Å². The Morgan fingerprint density at radius 1 is 0.973 bits per heavy atom. The number of para-hydroxylation sites is 2. The first-order chi connectivity index (χ1) is 18.1. The normalized spacial score (nSPS) is 10.8. The van der Waals surface area contributed by atoms with Crippen LogP contribution in [0.1, 0.15) is 16.3 Å². The predicted molar refractivity (Wildman–Crippen MR) is 151 cm³/mol. The molecule has 0 radical (unpaired) electrons. The third kappa shape index (κ3) is 6.85. The maximum atomic E-state index is 12.7. The molecule has 0 unspecified atom stereocenters. The second-order valence-corrected chi connectivity index (χ2v) is 10.9. The van der Waals surface area contributed by atoms with Crippen molar-refractivity contribution >= 4 is 50.1 Å². The lowest BCUT2D eigenvalue weighted by Crippen LogP contribution is -2.14. The van der Waals surface area contributed by atoms with Crippen LogP contribution in [0.2, 0.25) is 0 Å². The fourth-order valence-electron chi connectivity index (χ4n) is 3.52. The monoisotopic (exact) mass is 591 g/mol. The van der Waals surface area contributed by atoms with Crippen molar-refractivity contribution in [3.05, 3.63) is 112 Å². The third-order valence-electron chi connectivity index (χ3n) is 5.25. The number of carbonyl (C=O) groups excluding carboxylic acids is 1. The quantitative estimate of drug-likeness (QED) is 0.190. The lowest BCUT2D eigenvalue weighted by atomic mass is 10.1. The van der Waals surface area contributed by atoms with Crippen LogP contribution < -0.4 is 10.1 Å². The van der Waals surface area contributed by atoms with Gasteiger partial charge in [-0.3, -0.25) is 9.36 Å². The molecule has 186 valence electrons. The van der Waals surface area contributed by atoms with Crippen molar-refractivity contribution in [2.45, 2.75) is 18.2 Å². The van der Waals surface area contributed by atoms with E-state index in [-0.39, 0.29) is 18.3 Å². The Bertz CT molecular complexity index is 1460. The molecule has 10 heteroatoms. The van der Waals surface area contributed by atoms with E-state index < -0.39 is 0 Å². The highest BCUT2D eigenvalue weighted by atomic mass is 79.9. The molecule has 37 heavy (non-hydrogen) atoms. The van der Waals surface area contributed by atoms with Gasteiger partial charge in [0, 0.05) is 27.7 Å². The van der Waals surface area contributed by atoms with Gasteiger partial charge in [-0.15, -0.1) is 21.5 Å². The number of thiazole rings is 1. The van der Waals surface area contributed by atoms with E-state index in [0.717, 1.165) is 27.2 Å². The van der Waals surface area contributed by atoms with E-state index >= 15 is 0 Å². The summed E-state index contributed by atoms with van der Waals surface area (Å²) in [5.41, 5.74) is 2.09. The van der Waals surface area contributed by atoms with Gasteiger partial charge in [-0.05, 0) is 42.0 Å². The molecular formula is C27H22BrN5O2S2. The molecule has 5 aromatic rings. The van der Waals surface area contributed by atoms with Gasteiger partial charge in [-0.25, -0.2) is 4.98 Å². The average molecular weight is 593 g/mol. The Morgan fingerprint density at radius 2 is 1.70 bits per heavy atom. The van der Waals surface area contributed by atoms with Gasteiger partial charge in [0.15, 0.2) is 16.1 Å². The molecule has 1 amide bonds. The number of rotatable bonds is 10. The molecule has 7 nitrogen and oxygen atoms in total. The van der Waals surface area contributed by atoms with Gasteiger partial charge in [0.1, 0.15) is 12.4 Å². The van der Waals surface area contributed by atoms with Crippen molar-refractivity contribution in [2.75, 3.05) is 11.1 Å². The van der Waals surface area contributed by atoms with Crippen molar-refractivity contribution in [3.8, 4) is 11.4 Å². The largest absolute Gasteiger partial charge is 0.486 e. The fourth-order valence-corrected chi connectivity index (χ4v) is 5.42. The minimum atomic E-state index is -0.153. The summed E-state index contributed by atoms with van der Waals surface area (Å²) in [7, 11) is 0. The van der Waals surface area contributed by atoms with E-state index in [0.29, 0.717) is 16.1 Å². The molecule has 0 bridgehead atoms. The predicted octanol–water partition coefficient (Wildman–Crippen LogP) is 6.39. The molecule has 0 aliphatic heterocycles. The Kier molecular flexibility index (Phi) is 8.29. The Balaban J connectivity index is 1.22. The van der Waals surface area contributed by atoms with E-state index in [1.54, 1.807) is 6.20 Å². The third-order valence-corrected chi connectivity index (χ3v) is 7.62. The SMILES string of the molecule is O=C(CSc1nnc(COc2ccccc2)n1-c1ccccc1)Nc1ncc(Cc2ccc(Br)cc2)s1. The number of aromatic nitrogens is 4. The Hall–Kier alpha value is -3.47. The molecule has 2 heterocycles. The first-order valence-corrected chi connectivity index (χ1v) is 14.0. The first kappa shape index (κ1) is 25.2. The molecule has 0 atom stereocenters. The number of hydrogen-bond acceptors (Lipinski definition) is 7. The van der Waals surface area contributed by atoms with Crippen molar-refractivity contribution in [2.24, 2.45) is 0 Å². The molecular weight excluding hydrogens is 570 g/mol. The second-order valence-electron chi connectivity index (χ2n) is 7.94. The highest BCUT2D eigenvalue weighted by Crippen LogP contribution is 2.25. The number of nitrogens with one attached hydrogen (secondary N) is 1. The van der Waals surface area contributed by atoms with Crippen LogP contribution in [0.3, 0.4) is 0 Å². The van der Waals surface area contributed by atoms with Crippen molar-refractivity contribution in [1.82, 2.24) is 19.7 Å². The summed E-state index contributed by atoms with van der Waals surface area (Å²) in [5.74, 6) is 1.42. The number of anilines is 1. The highest BCUT2D eigenvalue weighted by Gasteiger charge is 2.17. The van der Waals surface area contributed by atoms with Crippen LogP contribution >= 0.6 is 39.0 Å². The summed E-state index contributed by atoms with van der Waals surface area (Å²) in [5, 5.41) is 12.8. The lowest BCUT2D eigenvalue weighted by Gasteiger charge is -2.11. The second kappa shape index (κ2) is 12.2. The van der Waals surface area contributed by atoms with Gasteiger partial charge in [0.05, 0.1) is 5.75 Å².